The average Bonchev–Trinajstić information content (AvgIpc) is 2.39. The van der Waals surface area contributed by atoms with Crippen molar-refractivity contribution in [2.24, 2.45) is 5.73 Å². The maximum absolute atomic E-state index is 11.9. The third-order valence-electron chi connectivity index (χ3n) is 2.64. The Balaban J connectivity index is 0.00000361. The highest BCUT2D eigenvalue weighted by Gasteiger charge is 2.13. The number of nitrogens with one attached hydrogen (secondary N) is 1. The van der Waals surface area contributed by atoms with Gasteiger partial charge in [0.1, 0.15) is 5.75 Å². The molecule has 0 aliphatic carbocycles. The van der Waals surface area contributed by atoms with Crippen LogP contribution in [0.5, 0.6) is 5.75 Å². The molecule has 0 fully saturated rings. The summed E-state index contributed by atoms with van der Waals surface area (Å²) in [6.45, 7) is 4.46. The lowest BCUT2D eigenvalue weighted by molar-refractivity contribution is -0.120. The maximum Gasteiger partial charge on any atom is 0.233 e. The van der Waals surface area contributed by atoms with E-state index in [1.807, 2.05) is 38.1 Å². The molecule has 0 spiro atoms. The van der Waals surface area contributed by atoms with Gasteiger partial charge in [0.2, 0.25) is 5.91 Å². The molecule has 0 saturated carbocycles. The lowest BCUT2D eigenvalue weighted by Gasteiger charge is -2.13. The van der Waals surface area contributed by atoms with Crippen molar-refractivity contribution in [1.82, 2.24) is 5.32 Å². The van der Waals surface area contributed by atoms with Crippen molar-refractivity contribution in [2.45, 2.75) is 36.5 Å². The second-order valence-electron chi connectivity index (χ2n) is 4.49. The number of hydrogen-bond acceptors (Lipinski definition) is 4. The average molecular weight is 319 g/mol. The van der Waals surface area contributed by atoms with Gasteiger partial charge in [0.05, 0.1) is 12.4 Å². The summed E-state index contributed by atoms with van der Waals surface area (Å²) in [5.74, 6) is 0.861. The molecule has 1 aromatic rings. The molecule has 2 unspecified atom stereocenters. The Morgan fingerprint density at radius 3 is 2.45 bits per heavy atom. The molecular formula is C14H23ClN2O2S. The second kappa shape index (κ2) is 9.91. The summed E-state index contributed by atoms with van der Waals surface area (Å²) in [5, 5.41) is 2.77. The van der Waals surface area contributed by atoms with Crippen LogP contribution in [0.3, 0.4) is 0 Å². The van der Waals surface area contributed by atoms with Gasteiger partial charge in [-0.2, -0.15) is 0 Å². The van der Waals surface area contributed by atoms with E-state index in [1.54, 1.807) is 7.11 Å². The minimum Gasteiger partial charge on any atom is -0.497 e. The molecule has 2 atom stereocenters. The highest BCUT2D eigenvalue weighted by molar-refractivity contribution is 8.00. The van der Waals surface area contributed by atoms with Gasteiger partial charge >= 0.3 is 0 Å². The number of hydrogen-bond donors (Lipinski definition) is 2. The van der Waals surface area contributed by atoms with Gasteiger partial charge in [0.15, 0.2) is 0 Å². The van der Waals surface area contributed by atoms with Crippen LogP contribution in [0.25, 0.3) is 0 Å². The van der Waals surface area contributed by atoms with Crippen molar-refractivity contribution in [1.29, 1.82) is 0 Å². The lowest BCUT2D eigenvalue weighted by atomic mass is 10.2. The van der Waals surface area contributed by atoms with E-state index in [1.165, 1.54) is 11.8 Å². The zero-order valence-corrected chi connectivity index (χ0v) is 13.7. The zero-order valence-electron chi connectivity index (χ0n) is 12.1. The fourth-order valence-corrected chi connectivity index (χ4v) is 2.37. The first-order valence-electron chi connectivity index (χ1n) is 6.37. The molecule has 20 heavy (non-hydrogen) atoms. The number of thioether (sulfide) groups is 1. The maximum atomic E-state index is 11.9. The molecule has 0 heterocycles. The topological polar surface area (TPSA) is 64.3 Å². The van der Waals surface area contributed by atoms with Crippen molar-refractivity contribution in [3.05, 3.63) is 24.3 Å². The summed E-state index contributed by atoms with van der Waals surface area (Å²) in [7, 11) is 1.64. The molecule has 1 amide bonds. The summed E-state index contributed by atoms with van der Waals surface area (Å²) in [6, 6.07) is 7.81. The Morgan fingerprint density at radius 1 is 1.35 bits per heavy atom. The van der Waals surface area contributed by atoms with E-state index in [9.17, 15) is 4.79 Å². The number of methoxy groups -OCH3 is 1. The summed E-state index contributed by atoms with van der Waals surface area (Å²) in [6.07, 6.45) is 0.797. The van der Waals surface area contributed by atoms with E-state index in [-0.39, 0.29) is 29.6 Å². The Morgan fingerprint density at radius 2 is 1.95 bits per heavy atom. The summed E-state index contributed by atoms with van der Waals surface area (Å²) in [4.78, 5) is 12.9. The van der Waals surface area contributed by atoms with Crippen molar-refractivity contribution in [3.63, 3.8) is 0 Å². The molecule has 114 valence electrons. The van der Waals surface area contributed by atoms with Crippen LogP contribution in [0.1, 0.15) is 20.3 Å². The predicted octanol–water partition coefficient (Wildman–Crippen LogP) is 2.45. The van der Waals surface area contributed by atoms with Crippen LogP contribution in [0, 0.1) is 0 Å². The molecule has 0 aliphatic rings. The number of carbonyl (C=O) groups is 1. The number of carbonyl (C=O) groups excluding carboxylic acids is 1. The van der Waals surface area contributed by atoms with E-state index < -0.39 is 0 Å². The SMILES string of the molecule is COc1ccc(SC(C)C(=O)NCCC(C)N)cc1.Cl. The van der Waals surface area contributed by atoms with Gasteiger partial charge < -0.3 is 15.8 Å². The smallest absolute Gasteiger partial charge is 0.233 e. The molecule has 4 nitrogen and oxygen atoms in total. The molecule has 1 rings (SSSR count). The van der Waals surface area contributed by atoms with Gasteiger partial charge in [0.25, 0.3) is 0 Å². The van der Waals surface area contributed by atoms with Gasteiger partial charge in [-0.1, -0.05) is 0 Å². The summed E-state index contributed by atoms with van der Waals surface area (Å²) >= 11 is 1.53. The van der Waals surface area contributed by atoms with Gasteiger partial charge in [0, 0.05) is 17.5 Å². The van der Waals surface area contributed by atoms with Crippen LogP contribution in [0.2, 0.25) is 0 Å². The van der Waals surface area contributed by atoms with Gasteiger partial charge in [-0.3, -0.25) is 4.79 Å². The van der Waals surface area contributed by atoms with Crippen molar-refractivity contribution in [3.8, 4) is 5.75 Å². The molecule has 0 saturated heterocycles. The van der Waals surface area contributed by atoms with Crippen molar-refractivity contribution >= 4 is 30.1 Å². The minimum atomic E-state index is -0.124. The number of ether oxygens (including phenoxy) is 1. The monoisotopic (exact) mass is 318 g/mol. The predicted molar refractivity (Wildman–Crippen MR) is 86.8 cm³/mol. The molecule has 1 aromatic carbocycles. The molecule has 3 N–H and O–H groups in total. The lowest BCUT2D eigenvalue weighted by Crippen LogP contribution is -2.33. The molecule has 6 heteroatoms. The first-order chi connectivity index (χ1) is 9.02. The summed E-state index contributed by atoms with van der Waals surface area (Å²) < 4.78 is 5.10. The molecular weight excluding hydrogens is 296 g/mol. The number of benzene rings is 1. The Hall–Kier alpha value is -0.910. The Kier molecular flexibility index (Phi) is 9.46. The van der Waals surface area contributed by atoms with Gasteiger partial charge in [-0.15, -0.1) is 24.2 Å². The van der Waals surface area contributed by atoms with Crippen LogP contribution >= 0.6 is 24.2 Å². The van der Waals surface area contributed by atoms with E-state index in [0.29, 0.717) is 6.54 Å². The largest absolute Gasteiger partial charge is 0.497 e. The number of rotatable bonds is 7. The molecule has 0 bridgehead atoms. The molecule has 0 radical (unpaired) electrons. The van der Waals surface area contributed by atoms with Crippen molar-refractivity contribution < 1.29 is 9.53 Å². The Labute approximate surface area is 131 Å². The third kappa shape index (κ3) is 7.03. The number of halogens is 1. The number of amides is 1. The molecule has 0 aromatic heterocycles. The second-order valence-corrected chi connectivity index (χ2v) is 5.91. The zero-order chi connectivity index (χ0) is 14.3. The van der Waals surface area contributed by atoms with E-state index in [0.717, 1.165) is 17.1 Å². The highest BCUT2D eigenvalue weighted by Crippen LogP contribution is 2.25. The van der Waals surface area contributed by atoms with Crippen LogP contribution in [0.15, 0.2) is 29.2 Å². The van der Waals surface area contributed by atoms with Gasteiger partial charge in [-0.25, -0.2) is 0 Å². The number of nitrogens with two attached hydrogens (primary N) is 1. The summed E-state index contributed by atoms with van der Waals surface area (Å²) in [5.41, 5.74) is 5.64. The Bertz CT molecular complexity index is 399. The van der Waals surface area contributed by atoms with E-state index in [2.05, 4.69) is 5.32 Å². The quantitative estimate of drug-likeness (QED) is 0.758. The van der Waals surface area contributed by atoms with Crippen LogP contribution in [0.4, 0.5) is 0 Å². The van der Waals surface area contributed by atoms with Crippen LogP contribution < -0.4 is 15.8 Å². The van der Waals surface area contributed by atoms with Crippen LogP contribution in [-0.2, 0) is 4.79 Å². The normalized spacial score (nSPS) is 13.0. The van der Waals surface area contributed by atoms with E-state index in [4.69, 9.17) is 10.5 Å². The van der Waals surface area contributed by atoms with E-state index >= 15 is 0 Å². The van der Waals surface area contributed by atoms with Crippen LogP contribution in [-0.4, -0.2) is 30.9 Å². The molecule has 0 aliphatic heterocycles. The van der Waals surface area contributed by atoms with Gasteiger partial charge in [-0.05, 0) is 44.5 Å². The third-order valence-corrected chi connectivity index (χ3v) is 3.75. The first-order valence-corrected chi connectivity index (χ1v) is 7.25. The minimum absolute atomic E-state index is 0. The fraction of sp³-hybridized carbons (Fsp3) is 0.500. The standard InChI is InChI=1S/C14H22N2O2S.ClH/c1-10(15)8-9-16-14(17)11(2)19-13-6-4-12(18-3)5-7-13;/h4-7,10-11H,8-9,15H2,1-3H3,(H,16,17);1H. The fourth-order valence-electron chi connectivity index (χ4n) is 1.48. The first kappa shape index (κ1) is 19.1. The van der Waals surface area contributed by atoms with Crippen molar-refractivity contribution in [2.75, 3.05) is 13.7 Å². The highest BCUT2D eigenvalue weighted by atomic mass is 35.5.